The molecule has 2 aromatic heterocycles. The van der Waals surface area contributed by atoms with Gasteiger partial charge in [-0.3, -0.25) is 0 Å². The van der Waals surface area contributed by atoms with Crippen LogP contribution in [0.2, 0.25) is 0 Å². The summed E-state index contributed by atoms with van der Waals surface area (Å²) in [6, 6.07) is 20.3. The van der Waals surface area contributed by atoms with Crippen molar-refractivity contribution in [1.82, 2.24) is 4.57 Å². The van der Waals surface area contributed by atoms with Gasteiger partial charge in [0.2, 0.25) is 0 Å². The van der Waals surface area contributed by atoms with Crippen molar-refractivity contribution in [2.75, 3.05) is 0 Å². The van der Waals surface area contributed by atoms with Gasteiger partial charge in [-0.15, -0.1) is 0 Å². The van der Waals surface area contributed by atoms with E-state index in [1.165, 1.54) is 76.7 Å². The third kappa shape index (κ3) is 2.36. The van der Waals surface area contributed by atoms with Gasteiger partial charge >= 0.3 is 0 Å². The van der Waals surface area contributed by atoms with Crippen molar-refractivity contribution in [1.29, 1.82) is 0 Å². The number of para-hydroxylation sites is 1. The Balaban J connectivity index is 1.25. The maximum atomic E-state index is 6.35. The Hall–Kier alpha value is -2.74. The summed E-state index contributed by atoms with van der Waals surface area (Å²) in [5.41, 5.74) is 6.11. The van der Waals surface area contributed by atoms with E-state index >= 15 is 0 Å². The molecule has 4 fully saturated rings. The highest BCUT2D eigenvalue weighted by atomic mass is 16.3. The number of aromatic nitrogens is 1. The molecule has 0 radical (unpaired) electrons. The van der Waals surface area contributed by atoms with Crippen LogP contribution in [0.25, 0.3) is 43.7 Å². The minimum atomic E-state index is 0.906. The first-order valence-electron chi connectivity index (χ1n) is 12.5. The molecule has 9 rings (SSSR count). The van der Waals surface area contributed by atoms with Crippen molar-refractivity contribution < 1.29 is 4.42 Å². The predicted molar refractivity (Wildman–Crippen MR) is 132 cm³/mol. The summed E-state index contributed by atoms with van der Waals surface area (Å²) in [5.74, 6) is 4.98. The summed E-state index contributed by atoms with van der Waals surface area (Å²) < 4.78 is 8.67. The molecule has 2 heteroatoms. The normalized spacial score (nSPS) is 29.2. The number of rotatable bonds is 2. The van der Waals surface area contributed by atoms with E-state index in [1.54, 1.807) is 0 Å². The Morgan fingerprint density at radius 2 is 1.47 bits per heavy atom. The zero-order valence-electron chi connectivity index (χ0n) is 18.7. The standard InChI is InChI=1S/C30H29NO/c1-31-27-5-3-2-4-22(27)24-16-30-26(15-28(24)31)25-14-17(6-7-29(25)32-30)13-23-20-9-18-8-19(11-20)12-21(23)10-18/h2-7,14-16,18-21,23H,8-13H2,1H3. The van der Waals surface area contributed by atoms with Crippen molar-refractivity contribution in [3.05, 3.63) is 60.2 Å². The largest absolute Gasteiger partial charge is 0.456 e. The van der Waals surface area contributed by atoms with Gasteiger partial charge in [0, 0.05) is 39.6 Å². The Morgan fingerprint density at radius 1 is 0.719 bits per heavy atom. The Morgan fingerprint density at radius 3 is 2.28 bits per heavy atom. The topological polar surface area (TPSA) is 18.1 Å². The number of hydrogen-bond donors (Lipinski definition) is 0. The lowest BCUT2D eigenvalue weighted by Crippen LogP contribution is -2.45. The van der Waals surface area contributed by atoms with Crippen molar-refractivity contribution in [2.24, 2.45) is 36.6 Å². The monoisotopic (exact) mass is 419 g/mol. The molecule has 0 N–H and O–H groups in total. The number of benzene rings is 3. The highest BCUT2D eigenvalue weighted by Crippen LogP contribution is 2.57. The number of aryl methyl sites for hydroxylation is 1. The van der Waals surface area contributed by atoms with E-state index in [0.29, 0.717) is 0 Å². The Kier molecular flexibility index (Phi) is 3.44. The Bertz CT molecular complexity index is 1500. The summed E-state index contributed by atoms with van der Waals surface area (Å²) in [4.78, 5) is 0. The first-order chi connectivity index (χ1) is 15.7. The van der Waals surface area contributed by atoms with Gasteiger partial charge in [0.25, 0.3) is 0 Å². The van der Waals surface area contributed by atoms with Crippen molar-refractivity contribution in [3.63, 3.8) is 0 Å². The molecule has 4 aliphatic rings. The summed E-state index contributed by atoms with van der Waals surface area (Å²) in [7, 11) is 2.18. The highest BCUT2D eigenvalue weighted by Gasteiger charge is 2.47. The summed E-state index contributed by atoms with van der Waals surface area (Å²) >= 11 is 0. The smallest absolute Gasteiger partial charge is 0.136 e. The van der Waals surface area contributed by atoms with Gasteiger partial charge in [-0.1, -0.05) is 24.3 Å². The summed E-state index contributed by atoms with van der Waals surface area (Å²) in [5, 5.41) is 5.12. The molecule has 4 bridgehead atoms. The van der Waals surface area contributed by atoms with E-state index in [1.807, 2.05) is 0 Å². The van der Waals surface area contributed by atoms with Gasteiger partial charge < -0.3 is 8.98 Å². The molecule has 2 nitrogen and oxygen atoms in total. The first kappa shape index (κ1) is 17.8. The van der Waals surface area contributed by atoms with Crippen LogP contribution in [-0.2, 0) is 13.5 Å². The van der Waals surface area contributed by atoms with Crippen LogP contribution in [0.4, 0.5) is 0 Å². The van der Waals surface area contributed by atoms with E-state index in [9.17, 15) is 0 Å². The van der Waals surface area contributed by atoms with Crippen LogP contribution in [0, 0.1) is 29.6 Å². The molecule has 3 aromatic carbocycles. The van der Waals surface area contributed by atoms with Crippen LogP contribution in [0.5, 0.6) is 0 Å². The van der Waals surface area contributed by atoms with Gasteiger partial charge in [-0.2, -0.15) is 0 Å². The molecular formula is C30H29NO. The van der Waals surface area contributed by atoms with Crippen LogP contribution >= 0.6 is 0 Å². The van der Waals surface area contributed by atoms with Gasteiger partial charge in [0.05, 0.1) is 0 Å². The van der Waals surface area contributed by atoms with Gasteiger partial charge in [-0.25, -0.2) is 0 Å². The molecule has 160 valence electrons. The average Bonchev–Trinajstić information content (AvgIpc) is 3.29. The van der Waals surface area contributed by atoms with E-state index in [4.69, 9.17) is 4.42 Å². The second kappa shape index (κ2) is 6.19. The van der Waals surface area contributed by atoms with Crippen LogP contribution in [0.3, 0.4) is 0 Å². The predicted octanol–water partition coefficient (Wildman–Crippen LogP) is 7.85. The van der Waals surface area contributed by atoms with Gasteiger partial charge in [-0.05, 0) is 104 Å². The first-order valence-corrected chi connectivity index (χ1v) is 12.5. The number of fused-ring (bicyclic) bond motifs is 6. The van der Waals surface area contributed by atoms with Crippen molar-refractivity contribution in [3.8, 4) is 0 Å². The van der Waals surface area contributed by atoms with Crippen molar-refractivity contribution >= 4 is 43.7 Å². The van der Waals surface area contributed by atoms with Crippen LogP contribution in [0.15, 0.2) is 59.0 Å². The van der Waals surface area contributed by atoms with E-state index in [-0.39, 0.29) is 0 Å². The third-order valence-electron chi connectivity index (χ3n) is 9.46. The molecule has 4 aliphatic carbocycles. The lowest BCUT2D eigenvalue weighted by atomic mass is 9.51. The molecule has 0 spiro atoms. The molecule has 0 saturated heterocycles. The second-order valence-electron chi connectivity index (χ2n) is 11.2. The minimum Gasteiger partial charge on any atom is -0.456 e. The Labute approximate surface area is 188 Å². The number of nitrogens with zero attached hydrogens (tertiary/aromatic N) is 1. The molecule has 4 saturated carbocycles. The van der Waals surface area contributed by atoms with Crippen LogP contribution < -0.4 is 0 Å². The lowest BCUT2D eigenvalue weighted by molar-refractivity contribution is -0.0359. The second-order valence-corrected chi connectivity index (χ2v) is 11.2. The quantitative estimate of drug-likeness (QED) is 0.285. The van der Waals surface area contributed by atoms with E-state index in [0.717, 1.165) is 40.8 Å². The van der Waals surface area contributed by atoms with E-state index < -0.39 is 0 Å². The molecular weight excluding hydrogens is 390 g/mol. The third-order valence-corrected chi connectivity index (χ3v) is 9.46. The minimum absolute atomic E-state index is 0.906. The molecule has 5 aromatic rings. The summed E-state index contributed by atoms with van der Waals surface area (Å²) in [6.07, 6.45) is 8.82. The van der Waals surface area contributed by atoms with Gasteiger partial charge in [0.1, 0.15) is 11.2 Å². The molecule has 0 aliphatic heterocycles. The zero-order chi connectivity index (χ0) is 21.0. The maximum absolute atomic E-state index is 6.35. The number of furan rings is 1. The fourth-order valence-corrected chi connectivity index (χ4v) is 8.25. The molecule has 2 heterocycles. The molecule has 0 unspecified atom stereocenters. The number of hydrogen-bond acceptors (Lipinski definition) is 1. The highest BCUT2D eigenvalue weighted by molar-refractivity contribution is 6.16. The average molecular weight is 420 g/mol. The molecule has 0 amide bonds. The molecule has 32 heavy (non-hydrogen) atoms. The van der Waals surface area contributed by atoms with Crippen LogP contribution in [-0.4, -0.2) is 4.57 Å². The van der Waals surface area contributed by atoms with Gasteiger partial charge in [0.15, 0.2) is 0 Å². The lowest BCUT2D eigenvalue weighted by Gasteiger charge is -2.54. The van der Waals surface area contributed by atoms with Crippen LogP contribution in [0.1, 0.15) is 37.7 Å². The van der Waals surface area contributed by atoms with E-state index in [2.05, 4.69) is 66.2 Å². The van der Waals surface area contributed by atoms with Crippen molar-refractivity contribution in [2.45, 2.75) is 38.5 Å². The molecule has 0 atom stereocenters. The fourth-order valence-electron chi connectivity index (χ4n) is 8.25. The SMILES string of the molecule is Cn1c2ccccc2c2cc3oc4ccc(CC5C6CC7CC(C6)CC5C7)cc4c3cc21. The maximum Gasteiger partial charge on any atom is 0.136 e. The fraction of sp³-hybridized carbons (Fsp3) is 0.400. The zero-order valence-corrected chi connectivity index (χ0v) is 18.7. The summed E-state index contributed by atoms with van der Waals surface area (Å²) in [6.45, 7) is 0.